The van der Waals surface area contributed by atoms with Crippen molar-refractivity contribution in [2.24, 2.45) is 0 Å². The van der Waals surface area contributed by atoms with Crippen molar-refractivity contribution in [2.75, 3.05) is 26.0 Å². The number of rotatable bonds is 5. The number of hydrogen-bond donors (Lipinski definition) is 1. The normalized spacial score (nSPS) is 10.1. The van der Waals surface area contributed by atoms with E-state index in [1.54, 1.807) is 19.0 Å². The van der Waals surface area contributed by atoms with Crippen LogP contribution in [0.1, 0.15) is 24.9 Å². The van der Waals surface area contributed by atoms with Gasteiger partial charge in [0, 0.05) is 38.8 Å². The summed E-state index contributed by atoms with van der Waals surface area (Å²) in [5, 5.41) is 3.15. The van der Waals surface area contributed by atoms with Crippen molar-refractivity contribution in [3.63, 3.8) is 0 Å². The Balaban J connectivity index is 2.52. The van der Waals surface area contributed by atoms with Crippen molar-refractivity contribution < 1.29 is 4.79 Å². The summed E-state index contributed by atoms with van der Waals surface area (Å²) in [5.41, 5.74) is 1.01. The first-order chi connectivity index (χ1) is 8.02. The van der Waals surface area contributed by atoms with Gasteiger partial charge in [-0.15, -0.1) is 0 Å². The third-order valence-electron chi connectivity index (χ3n) is 2.40. The molecule has 1 aromatic heterocycles. The zero-order chi connectivity index (χ0) is 12.8. The number of carbonyl (C=O) groups is 1. The molecule has 0 unspecified atom stereocenters. The second kappa shape index (κ2) is 6.18. The van der Waals surface area contributed by atoms with Gasteiger partial charge in [-0.2, -0.15) is 0 Å². The Morgan fingerprint density at radius 1 is 1.41 bits per heavy atom. The van der Waals surface area contributed by atoms with E-state index in [0.717, 1.165) is 23.8 Å². The highest BCUT2D eigenvalue weighted by atomic mass is 16.2. The minimum Gasteiger partial charge on any atom is -0.369 e. The van der Waals surface area contributed by atoms with Crippen LogP contribution in [-0.4, -0.2) is 41.4 Å². The molecule has 0 saturated carbocycles. The molecular formula is C12H20N4O. The van der Waals surface area contributed by atoms with Gasteiger partial charge < -0.3 is 10.2 Å². The lowest BCUT2D eigenvalue weighted by molar-refractivity contribution is -0.128. The molecule has 0 atom stereocenters. The molecule has 0 saturated heterocycles. The van der Waals surface area contributed by atoms with Crippen LogP contribution in [0.25, 0.3) is 0 Å². The highest BCUT2D eigenvalue weighted by molar-refractivity contribution is 5.76. The first kappa shape index (κ1) is 13.4. The highest BCUT2D eigenvalue weighted by Crippen LogP contribution is 2.07. The maximum atomic E-state index is 11.4. The van der Waals surface area contributed by atoms with Gasteiger partial charge >= 0.3 is 0 Å². The molecule has 0 aliphatic carbocycles. The summed E-state index contributed by atoms with van der Waals surface area (Å²) in [5.74, 6) is 1.66. The van der Waals surface area contributed by atoms with Crippen LogP contribution in [0.5, 0.6) is 0 Å². The van der Waals surface area contributed by atoms with Crippen LogP contribution < -0.4 is 5.32 Å². The Morgan fingerprint density at radius 3 is 2.71 bits per heavy atom. The summed E-state index contributed by atoms with van der Waals surface area (Å²) >= 11 is 0. The number of carbonyl (C=O) groups excluding carboxylic acids is 1. The summed E-state index contributed by atoms with van der Waals surface area (Å²) in [7, 11) is 3.51. The van der Waals surface area contributed by atoms with Crippen LogP contribution in [0.3, 0.4) is 0 Å². The molecule has 0 aliphatic rings. The van der Waals surface area contributed by atoms with Crippen molar-refractivity contribution in [3.05, 3.63) is 17.6 Å². The predicted molar refractivity (Wildman–Crippen MR) is 67.9 cm³/mol. The van der Waals surface area contributed by atoms with E-state index in [2.05, 4.69) is 22.2 Å². The fourth-order valence-electron chi connectivity index (χ4n) is 1.42. The van der Waals surface area contributed by atoms with Crippen LogP contribution in [0.4, 0.5) is 5.82 Å². The molecule has 17 heavy (non-hydrogen) atoms. The minimum atomic E-state index is 0.110. The van der Waals surface area contributed by atoms with E-state index >= 15 is 0 Å². The third kappa shape index (κ3) is 4.38. The molecule has 5 nitrogen and oxygen atoms in total. The van der Waals surface area contributed by atoms with Crippen LogP contribution in [0.2, 0.25) is 0 Å². The fourth-order valence-corrected chi connectivity index (χ4v) is 1.42. The van der Waals surface area contributed by atoms with Crippen LogP contribution in [0.15, 0.2) is 6.07 Å². The first-order valence-electron chi connectivity index (χ1n) is 5.81. The molecule has 0 spiro atoms. The van der Waals surface area contributed by atoms with E-state index in [4.69, 9.17) is 0 Å². The van der Waals surface area contributed by atoms with Crippen LogP contribution in [-0.2, 0) is 11.2 Å². The van der Waals surface area contributed by atoms with Gasteiger partial charge in [0.2, 0.25) is 5.91 Å². The topological polar surface area (TPSA) is 58.1 Å². The Bertz CT molecular complexity index is 390. The fraction of sp³-hybridized carbons (Fsp3) is 0.583. The van der Waals surface area contributed by atoms with Crippen molar-refractivity contribution in [3.8, 4) is 0 Å². The van der Waals surface area contributed by atoms with Gasteiger partial charge in [-0.1, -0.05) is 6.92 Å². The van der Waals surface area contributed by atoms with Gasteiger partial charge in [-0.3, -0.25) is 4.79 Å². The van der Waals surface area contributed by atoms with E-state index in [1.807, 2.05) is 13.0 Å². The highest BCUT2D eigenvalue weighted by Gasteiger charge is 2.04. The molecule has 1 N–H and O–H groups in total. The van der Waals surface area contributed by atoms with E-state index in [0.29, 0.717) is 13.0 Å². The number of amides is 1. The standard InChI is InChI=1S/C12H20N4O/c1-5-10-8-11(15-9(2)14-10)13-7-6-12(17)16(3)4/h8H,5-7H2,1-4H3,(H,13,14,15). The van der Waals surface area contributed by atoms with Crippen LogP contribution in [0, 0.1) is 6.92 Å². The molecule has 5 heteroatoms. The Labute approximate surface area is 102 Å². The van der Waals surface area contributed by atoms with E-state index in [-0.39, 0.29) is 5.91 Å². The number of aromatic nitrogens is 2. The molecule has 0 bridgehead atoms. The van der Waals surface area contributed by atoms with E-state index in [1.165, 1.54) is 0 Å². The van der Waals surface area contributed by atoms with Gasteiger partial charge in [0.25, 0.3) is 0 Å². The van der Waals surface area contributed by atoms with Crippen molar-refractivity contribution in [2.45, 2.75) is 26.7 Å². The lowest BCUT2D eigenvalue weighted by Crippen LogP contribution is -2.24. The number of nitrogens with one attached hydrogen (secondary N) is 1. The molecule has 1 rings (SSSR count). The quantitative estimate of drug-likeness (QED) is 0.835. The van der Waals surface area contributed by atoms with E-state index in [9.17, 15) is 4.79 Å². The molecule has 1 amide bonds. The number of nitrogens with zero attached hydrogens (tertiary/aromatic N) is 3. The molecular weight excluding hydrogens is 216 g/mol. The molecule has 0 fully saturated rings. The smallest absolute Gasteiger partial charge is 0.223 e. The SMILES string of the molecule is CCc1cc(NCCC(=O)N(C)C)nc(C)n1. The van der Waals surface area contributed by atoms with Gasteiger partial charge in [0.15, 0.2) is 0 Å². The summed E-state index contributed by atoms with van der Waals surface area (Å²) in [4.78, 5) is 21.5. The molecule has 94 valence electrons. The molecule has 0 radical (unpaired) electrons. The summed E-state index contributed by atoms with van der Waals surface area (Å²) < 4.78 is 0. The average Bonchev–Trinajstić information content (AvgIpc) is 2.27. The van der Waals surface area contributed by atoms with Crippen LogP contribution >= 0.6 is 0 Å². The Morgan fingerprint density at radius 2 is 2.12 bits per heavy atom. The largest absolute Gasteiger partial charge is 0.369 e. The predicted octanol–water partition coefficient (Wildman–Crippen LogP) is 1.24. The average molecular weight is 236 g/mol. The summed E-state index contributed by atoms with van der Waals surface area (Å²) in [6.07, 6.45) is 1.35. The minimum absolute atomic E-state index is 0.110. The summed E-state index contributed by atoms with van der Waals surface area (Å²) in [6.45, 7) is 4.52. The van der Waals surface area contributed by atoms with Crippen molar-refractivity contribution in [1.82, 2.24) is 14.9 Å². The maximum Gasteiger partial charge on any atom is 0.223 e. The second-order valence-electron chi connectivity index (χ2n) is 4.11. The molecule has 1 aromatic rings. The number of aryl methyl sites for hydroxylation is 2. The first-order valence-corrected chi connectivity index (χ1v) is 5.81. The zero-order valence-corrected chi connectivity index (χ0v) is 10.9. The summed E-state index contributed by atoms with van der Waals surface area (Å²) in [6, 6.07) is 1.92. The Kier molecular flexibility index (Phi) is 4.87. The Hall–Kier alpha value is -1.65. The number of hydrogen-bond acceptors (Lipinski definition) is 4. The van der Waals surface area contributed by atoms with Gasteiger partial charge in [-0.25, -0.2) is 9.97 Å². The molecule has 0 aliphatic heterocycles. The van der Waals surface area contributed by atoms with Gasteiger partial charge in [0.1, 0.15) is 11.6 Å². The van der Waals surface area contributed by atoms with Gasteiger partial charge in [-0.05, 0) is 13.3 Å². The third-order valence-corrected chi connectivity index (χ3v) is 2.40. The second-order valence-corrected chi connectivity index (χ2v) is 4.11. The van der Waals surface area contributed by atoms with E-state index < -0.39 is 0 Å². The monoisotopic (exact) mass is 236 g/mol. The maximum absolute atomic E-state index is 11.4. The molecule has 0 aromatic carbocycles. The lowest BCUT2D eigenvalue weighted by atomic mass is 10.3. The van der Waals surface area contributed by atoms with Crippen molar-refractivity contribution in [1.29, 1.82) is 0 Å². The lowest BCUT2D eigenvalue weighted by Gasteiger charge is -2.11. The zero-order valence-electron chi connectivity index (χ0n) is 10.9. The molecule has 1 heterocycles. The number of anilines is 1. The van der Waals surface area contributed by atoms with Crippen molar-refractivity contribution >= 4 is 11.7 Å². The van der Waals surface area contributed by atoms with Gasteiger partial charge in [0.05, 0.1) is 0 Å².